The number of aliphatic hydroxyl groups excluding tert-OH is 1. The highest BCUT2D eigenvalue weighted by molar-refractivity contribution is 6.31. The molecule has 1 aliphatic rings. The fraction of sp³-hybridized carbons (Fsp3) is 0.357. The standard InChI is InChI=1S/C14H15ClN2O/c15-12-4-2-1-3-10(12)7-14(18)13-8-16-9-17(13)11-5-6-11/h1-4,8-9,11,14,18H,5-7H2. The van der Waals surface area contributed by atoms with E-state index >= 15 is 0 Å². The van der Waals surface area contributed by atoms with Crippen molar-refractivity contribution in [3.05, 3.63) is 53.1 Å². The summed E-state index contributed by atoms with van der Waals surface area (Å²) in [6, 6.07) is 8.16. The zero-order valence-corrected chi connectivity index (χ0v) is 10.7. The number of rotatable bonds is 4. The molecule has 1 aromatic heterocycles. The number of nitrogens with zero attached hydrogens (tertiary/aromatic N) is 2. The Labute approximate surface area is 111 Å². The average molecular weight is 263 g/mol. The molecule has 0 saturated heterocycles. The van der Waals surface area contributed by atoms with Crippen molar-refractivity contribution in [2.24, 2.45) is 0 Å². The van der Waals surface area contributed by atoms with E-state index in [1.807, 2.05) is 30.6 Å². The molecule has 2 aromatic rings. The Morgan fingerprint density at radius 2 is 2.17 bits per heavy atom. The average Bonchev–Trinajstić information content (AvgIpc) is 3.09. The Kier molecular flexibility index (Phi) is 3.10. The third-order valence-corrected chi connectivity index (χ3v) is 3.72. The molecule has 4 heteroatoms. The van der Waals surface area contributed by atoms with Crippen molar-refractivity contribution in [2.75, 3.05) is 0 Å². The van der Waals surface area contributed by atoms with Crippen LogP contribution < -0.4 is 0 Å². The third-order valence-electron chi connectivity index (χ3n) is 3.35. The van der Waals surface area contributed by atoms with Crippen LogP contribution in [0.3, 0.4) is 0 Å². The number of imidazole rings is 1. The van der Waals surface area contributed by atoms with Gasteiger partial charge in [-0.05, 0) is 24.5 Å². The Hall–Kier alpha value is -1.32. The maximum atomic E-state index is 10.3. The van der Waals surface area contributed by atoms with Crippen molar-refractivity contribution in [2.45, 2.75) is 31.4 Å². The van der Waals surface area contributed by atoms with Gasteiger partial charge < -0.3 is 9.67 Å². The van der Waals surface area contributed by atoms with Gasteiger partial charge in [0.1, 0.15) is 0 Å². The van der Waals surface area contributed by atoms with Crippen LogP contribution in [-0.2, 0) is 6.42 Å². The lowest BCUT2D eigenvalue weighted by molar-refractivity contribution is 0.168. The highest BCUT2D eigenvalue weighted by Crippen LogP contribution is 2.37. The molecule has 1 atom stereocenters. The molecule has 1 aromatic carbocycles. The molecule has 1 fully saturated rings. The highest BCUT2D eigenvalue weighted by atomic mass is 35.5. The van der Waals surface area contributed by atoms with Gasteiger partial charge in [-0.25, -0.2) is 4.98 Å². The van der Waals surface area contributed by atoms with Crippen LogP contribution >= 0.6 is 11.6 Å². The van der Waals surface area contributed by atoms with Gasteiger partial charge in [-0.1, -0.05) is 29.8 Å². The van der Waals surface area contributed by atoms with E-state index in [4.69, 9.17) is 11.6 Å². The summed E-state index contributed by atoms with van der Waals surface area (Å²) in [5.41, 5.74) is 1.85. The number of hydrogen-bond donors (Lipinski definition) is 1. The molecule has 1 heterocycles. The number of aliphatic hydroxyl groups is 1. The molecule has 94 valence electrons. The van der Waals surface area contributed by atoms with Crippen LogP contribution in [-0.4, -0.2) is 14.7 Å². The molecule has 1 saturated carbocycles. The van der Waals surface area contributed by atoms with E-state index in [0.717, 1.165) is 11.3 Å². The summed E-state index contributed by atoms with van der Waals surface area (Å²) in [5, 5.41) is 11.0. The smallest absolute Gasteiger partial charge is 0.0996 e. The zero-order valence-electron chi connectivity index (χ0n) is 9.96. The van der Waals surface area contributed by atoms with Gasteiger partial charge in [-0.15, -0.1) is 0 Å². The molecule has 3 rings (SSSR count). The summed E-state index contributed by atoms with van der Waals surface area (Å²) in [6.07, 6.45) is 5.90. The van der Waals surface area contributed by atoms with E-state index in [0.29, 0.717) is 17.5 Å². The molecule has 1 unspecified atom stereocenters. The maximum absolute atomic E-state index is 10.3. The van der Waals surface area contributed by atoms with Crippen LogP contribution in [0.25, 0.3) is 0 Å². The number of aromatic nitrogens is 2. The van der Waals surface area contributed by atoms with Crippen molar-refractivity contribution in [3.8, 4) is 0 Å². The van der Waals surface area contributed by atoms with E-state index in [2.05, 4.69) is 9.55 Å². The first-order chi connectivity index (χ1) is 8.75. The Balaban J connectivity index is 1.80. The fourth-order valence-corrected chi connectivity index (χ4v) is 2.42. The topological polar surface area (TPSA) is 38.1 Å². The second-order valence-electron chi connectivity index (χ2n) is 4.77. The molecule has 0 bridgehead atoms. The highest BCUT2D eigenvalue weighted by Gasteiger charge is 2.27. The van der Waals surface area contributed by atoms with Crippen LogP contribution in [0.2, 0.25) is 5.02 Å². The van der Waals surface area contributed by atoms with E-state index < -0.39 is 6.10 Å². The minimum Gasteiger partial charge on any atom is -0.386 e. The fourth-order valence-electron chi connectivity index (χ4n) is 2.21. The Bertz CT molecular complexity index is 548. The minimum atomic E-state index is -0.548. The van der Waals surface area contributed by atoms with Gasteiger partial charge in [0.2, 0.25) is 0 Å². The molecule has 0 radical (unpaired) electrons. The van der Waals surface area contributed by atoms with Crippen molar-refractivity contribution in [1.82, 2.24) is 9.55 Å². The number of halogens is 1. The van der Waals surface area contributed by atoms with Gasteiger partial charge in [0.05, 0.1) is 24.3 Å². The second-order valence-corrected chi connectivity index (χ2v) is 5.18. The van der Waals surface area contributed by atoms with Crippen LogP contribution in [0.5, 0.6) is 0 Å². The lowest BCUT2D eigenvalue weighted by Crippen LogP contribution is -2.08. The normalized spacial score (nSPS) is 16.8. The van der Waals surface area contributed by atoms with E-state index in [-0.39, 0.29) is 0 Å². The number of hydrogen-bond acceptors (Lipinski definition) is 2. The van der Waals surface area contributed by atoms with E-state index in [1.54, 1.807) is 6.20 Å². The predicted molar refractivity (Wildman–Crippen MR) is 70.6 cm³/mol. The van der Waals surface area contributed by atoms with E-state index in [9.17, 15) is 5.11 Å². The molecule has 1 aliphatic carbocycles. The zero-order chi connectivity index (χ0) is 12.5. The minimum absolute atomic E-state index is 0.526. The van der Waals surface area contributed by atoms with Crippen molar-refractivity contribution >= 4 is 11.6 Å². The molecular formula is C14H15ClN2O. The van der Waals surface area contributed by atoms with Crippen LogP contribution in [0.1, 0.15) is 36.2 Å². The Morgan fingerprint density at radius 3 is 2.89 bits per heavy atom. The SMILES string of the molecule is OC(Cc1ccccc1Cl)c1cncn1C1CC1. The van der Waals surface area contributed by atoms with Gasteiger partial charge >= 0.3 is 0 Å². The first-order valence-electron chi connectivity index (χ1n) is 6.19. The quantitative estimate of drug-likeness (QED) is 0.919. The summed E-state index contributed by atoms with van der Waals surface area (Å²) in [6.45, 7) is 0. The molecule has 1 N–H and O–H groups in total. The summed E-state index contributed by atoms with van der Waals surface area (Å²) in [4.78, 5) is 4.14. The largest absolute Gasteiger partial charge is 0.386 e. The second kappa shape index (κ2) is 4.75. The molecule has 3 nitrogen and oxygen atoms in total. The molecular weight excluding hydrogens is 248 g/mol. The predicted octanol–water partition coefficient (Wildman–Crippen LogP) is 3.15. The number of benzene rings is 1. The molecule has 18 heavy (non-hydrogen) atoms. The molecule has 0 aliphatic heterocycles. The van der Waals surface area contributed by atoms with Crippen molar-refractivity contribution in [3.63, 3.8) is 0 Å². The summed E-state index contributed by atoms with van der Waals surface area (Å²) in [5.74, 6) is 0. The first-order valence-corrected chi connectivity index (χ1v) is 6.56. The van der Waals surface area contributed by atoms with Crippen LogP contribution in [0.4, 0.5) is 0 Å². The Morgan fingerprint density at radius 1 is 1.39 bits per heavy atom. The van der Waals surface area contributed by atoms with Gasteiger partial charge in [0.25, 0.3) is 0 Å². The van der Waals surface area contributed by atoms with Gasteiger partial charge in [-0.2, -0.15) is 0 Å². The monoisotopic (exact) mass is 262 g/mol. The van der Waals surface area contributed by atoms with E-state index in [1.165, 1.54) is 12.8 Å². The van der Waals surface area contributed by atoms with Crippen LogP contribution in [0.15, 0.2) is 36.8 Å². The molecule has 0 amide bonds. The van der Waals surface area contributed by atoms with Gasteiger partial charge in [-0.3, -0.25) is 0 Å². The summed E-state index contributed by atoms with van der Waals surface area (Å²) < 4.78 is 2.08. The van der Waals surface area contributed by atoms with Crippen molar-refractivity contribution < 1.29 is 5.11 Å². The summed E-state index contributed by atoms with van der Waals surface area (Å²) >= 11 is 6.11. The van der Waals surface area contributed by atoms with Gasteiger partial charge in [0.15, 0.2) is 0 Å². The lowest BCUT2D eigenvalue weighted by atomic mass is 10.1. The van der Waals surface area contributed by atoms with Gasteiger partial charge in [0, 0.05) is 17.5 Å². The summed E-state index contributed by atoms with van der Waals surface area (Å²) in [7, 11) is 0. The van der Waals surface area contributed by atoms with Crippen LogP contribution in [0, 0.1) is 0 Å². The lowest BCUT2D eigenvalue weighted by Gasteiger charge is -2.14. The first kappa shape index (κ1) is 11.8. The van der Waals surface area contributed by atoms with Crippen molar-refractivity contribution in [1.29, 1.82) is 0 Å². The maximum Gasteiger partial charge on any atom is 0.0996 e. The third kappa shape index (κ3) is 2.28. The molecule has 0 spiro atoms.